The molecule has 2 heterocycles. The number of aryl methyl sites for hydroxylation is 1. The minimum Gasteiger partial charge on any atom is -0.368 e. The molecule has 5 heteroatoms. The molecule has 0 bridgehead atoms. The Morgan fingerprint density at radius 2 is 2.12 bits per heavy atom. The van der Waals surface area contributed by atoms with Crippen molar-refractivity contribution in [3.63, 3.8) is 0 Å². The molecule has 0 aliphatic carbocycles. The molecule has 3 rings (SSSR count). The van der Waals surface area contributed by atoms with Crippen molar-refractivity contribution in [1.82, 2.24) is 14.8 Å². The third-order valence-electron chi connectivity index (χ3n) is 2.44. The van der Waals surface area contributed by atoms with E-state index in [0.29, 0.717) is 11.8 Å². The first-order chi connectivity index (χ1) is 7.74. The van der Waals surface area contributed by atoms with Crippen LogP contribution in [-0.2, 0) is 7.05 Å². The zero-order chi connectivity index (χ0) is 11.1. The van der Waals surface area contributed by atoms with Crippen LogP contribution in [0.3, 0.4) is 0 Å². The Hall–Kier alpha value is -1.88. The van der Waals surface area contributed by atoms with Gasteiger partial charge in [0, 0.05) is 11.7 Å². The first-order valence-electron chi connectivity index (χ1n) is 4.89. The molecule has 0 amide bonds. The minimum atomic E-state index is 0.437. The van der Waals surface area contributed by atoms with Crippen molar-refractivity contribution in [1.29, 1.82) is 0 Å². The van der Waals surface area contributed by atoms with Gasteiger partial charge in [-0.2, -0.15) is 4.98 Å². The van der Waals surface area contributed by atoms with E-state index in [4.69, 9.17) is 5.73 Å². The lowest BCUT2D eigenvalue weighted by molar-refractivity contribution is 0.781. The molecular formula is C11H10N4S. The number of hydrogen-bond donors (Lipinski definition) is 1. The number of fused-ring (bicyclic) bond motifs is 1. The maximum Gasteiger partial charge on any atom is 0.218 e. The summed E-state index contributed by atoms with van der Waals surface area (Å²) in [6.45, 7) is 0. The predicted molar refractivity (Wildman–Crippen MR) is 66.2 cm³/mol. The first-order valence-corrected chi connectivity index (χ1v) is 5.71. The smallest absolute Gasteiger partial charge is 0.218 e. The van der Waals surface area contributed by atoms with Crippen molar-refractivity contribution in [2.75, 3.05) is 5.73 Å². The number of nitrogens with zero attached hydrogens (tertiary/aromatic N) is 3. The van der Waals surface area contributed by atoms with Crippen LogP contribution in [0.15, 0.2) is 30.3 Å². The molecule has 80 valence electrons. The quantitative estimate of drug-likeness (QED) is 0.697. The van der Waals surface area contributed by atoms with E-state index in [1.165, 1.54) is 10.1 Å². The molecular weight excluding hydrogens is 220 g/mol. The number of anilines is 1. The summed E-state index contributed by atoms with van der Waals surface area (Å²) >= 11 is 1.68. The van der Waals surface area contributed by atoms with Gasteiger partial charge in [0.15, 0.2) is 5.82 Å². The molecule has 2 aromatic heterocycles. The van der Waals surface area contributed by atoms with Gasteiger partial charge in [0.05, 0.1) is 4.88 Å². The molecule has 0 radical (unpaired) electrons. The van der Waals surface area contributed by atoms with Crippen molar-refractivity contribution in [3.8, 4) is 10.7 Å². The van der Waals surface area contributed by atoms with Gasteiger partial charge in [0.1, 0.15) is 0 Å². The topological polar surface area (TPSA) is 56.7 Å². The number of rotatable bonds is 1. The van der Waals surface area contributed by atoms with Gasteiger partial charge in [-0.1, -0.05) is 18.2 Å². The van der Waals surface area contributed by atoms with Crippen molar-refractivity contribution in [3.05, 3.63) is 30.3 Å². The van der Waals surface area contributed by atoms with Gasteiger partial charge in [0.25, 0.3) is 0 Å². The Balaban J connectivity index is 2.18. The van der Waals surface area contributed by atoms with Gasteiger partial charge in [-0.05, 0) is 17.5 Å². The predicted octanol–water partition coefficient (Wildman–Crippen LogP) is 2.28. The Kier molecular flexibility index (Phi) is 1.94. The van der Waals surface area contributed by atoms with E-state index >= 15 is 0 Å². The number of thiophene rings is 1. The fourth-order valence-corrected chi connectivity index (χ4v) is 2.58. The molecule has 0 aliphatic rings. The monoisotopic (exact) mass is 230 g/mol. The number of aromatic nitrogens is 3. The summed E-state index contributed by atoms with van der Waals surface area (Å²) in [6.07, 6.45) is 0. The largest absolute Gasteiger partial charge is 0.368 e. The Bertz CT molecular complexity index is 600. The average Bonchev–Trinajstić information content (AvgIpc) is 2.83. The van der Waals surface area contributed by atoms with Gasteiger partial charge in [-0.25, -0.2) is 4.68 Å². The summed E-state index contributed by atoms with van der Waals surface area (Å²) in [5, 5.41) is 5.48. The van der Waals surface area contributed by atoms with Crippen LogP contribution in [0.5, 0.6) is 0 Å². The standard InChI is InChI=1S/C11H10N4S/c1-15-11(12)13-10(14-15)9-6-7-4-2-3-5-8(7)16-9/h2-6H,1H3,(H2,12,13,14). The molecule has 0 unspecified atom stereocenters. The molecule has 0 saturated heterocycles. The maximum atomic E-state index is 5.67. The number of nitrogens with two attached hydrogens (primary N) is 1. The van der Waals surface area contributed by atoms with Crippen molar-refractivity contribution in [2.24, 2.45) is 7.05 Å². The molecule has 0 saturated carbocycles. The van der Waals surface area contributed by atoms with E-state index in [2.05, 4.69) is 28.3 Å². The number of benzene rings is 1. The second kappa shape index (κ2) is 3.31. The van der Waals surface area contributed by atoms with Crippen LogP contribution in [0.1, 0.15) is 0 Å². The molecule has 0 fully saturated rings. The Morgan fingerprint density at radius 1 is 1.31 bits per heavy atom. The van der Waals surface area contributed by atoms with E-state index < -0.39 is 0 Å². The van der Waals surface area contributed by atoms with Gasteiger partial charge < -0.3 is 5.73 Å². The molecule has 1 aromatic carbocycles. The van der Waals surface area contributed by atoms with E-state index in [9.17, 15) is 0 Å². The molecule has 2 N–H and O–H groups in total. The van der Waals surface area contributed by atoms with Crippen molar-refractivity contribution >= 4 is 27.4 Å². The summed E-state index contributed by atoms with van der Waals surface area (Å²) in [5.41, 5.74) is 5.67. The highest BCUT2D eigenvalue weighted by Crippen LogP contribution is 2.31. The van der Waals surface area contributed by atoms with Crippen LogP contribution in [0.4, 0.5) is 5.95 Å². The first kappa shape index (κ1) is 9.35. The molecule has 3 aromatic rings. The molecule has 4 nitrogen and oxygen atoms in total. The third-order valence-corrected chi connectivity index (χ3v) is 3.55. The van der Waals surface area contributed by atoms with Crippen LogP contribution < -0.4 is 5.73 Å². The maximum absolute atomic E-state index is 5.67. The minimum absolute atomic E-state index is 0.437. The van der Waals surface area contributed by atoms with Crippen LogP contribution in [0, 0.1) is 0 Å². The summed E-state index contributed by atoms with van der Waals surface area (Å²) in [7, 11) is 1.79. The normalized spacial score (nSPS) is 11.1. The fraction of sp³-hybridized carbons (Fsp3) is 0.0909. The second-order valence-corrected chi connectivity index (χ2v) is 4.65. The van der Waals surface area contributed by atoms with Crippen molar-refractivity contribution in [2.45, 2.75) is 0 Å². The van der Waals surface area contributed by atoms with E-state index in [0.717, 1.165) is 4.88 Å². The number of nitrogen functional groups attached to an aromatic ring is 1. The molecule has 0 aliphatic heterocycles. The lowest BCUT2D eigenvalue weighted by atomic mass is 10.2. The second-order valence-electron chi connectivity index (χ2n) is 3.57. The Morgan fingerprint density at radius 3 is 2.81 bits per heavy atom. The van der Waals surface area contributed by atoms with Crippen LogP contribution in [-0.4, -0.2) is 14.8 Å². The highest BCUT2D eigenvalue weighted by atomic mass is 32.1. The van der Waals surface area contributed by atoms with Gasteiger partial charge >= 0.3 is 0 Å². The van der Waals surface area contributed by atoms with E-state index in [1.54, 1.807) is 23.1 Å². The zero-order valence-electron chi connectivity index (χ0n) is 8.71. The summed E-state index contributed by atoms with van der Waals surface area (Å²) in [5.74, 6) is 1.13. The molecule has 0 spiro atoms. The SMILES string of the molecule is Cn1nc(-c2cc3ccccc3s2)nc1N. The van der Waals surface area contributed by atoms with Gasteiger partial charge in [-0.3, -0.25) is 0 Å². The summed E-state index contributed by atoms with van der Waals surface area (Å²) in [6, 6.07) is 10.3. The van der Waals surface area contributed by atoms with E-state index in [1.807, 2.05) is 12.1 Å². The average molecular weight is 230 g/mol. The van der Waals surface area contributed by atoms with Gasteiger partial charge in [-0.15, -0.1) is 16.4 Å². The third kappa shape index (κ3) is 1.37. The fourth-order valence-electron chi connectivity index (χ4n) is 1.59. The summed E-state index contributed by atoms with van der Waals surface area (Å²) < 4.78 is 2.82. The lowest BCUT2D eigenvalue weighted by Crippen LogP contribution is -1.97. The highest BCUT2D eigenvalue weighted by molar-refractivity contribution is 7.22. The van der Waals surface area contributed by atoms with Crippen LogP contribution >= 0.6 is 11.3 Å². The molecule has 0 atom stereocenters. The van der Waals surface area contributed by atoms with Crippen molar-refractivity contribution < 1.29 is 0 Å². The van der Waals surface area contributed by atoms with Crippen LogP contribution in [0.2, 0.25) is 0 Å². The Labute approximate surface area is 96.3 Å². The summed E-state index contributed by atoms with van der Waals surface area (Å²) in [4.78, 5) is 5.27. The van der Waals surface area contributed by atoms with E-state index in [-0.39, 0.29) is 0 Å². The van der Waals surface area contributed by atoms with Crippen LogP contribution in [0.25, 0.3) is 20.8 Å². The molecule has 16 heavy (non-hydrogen) atoms. The van der Waals surface area contributed by atoms with Gasteiger partial charge in [0.2, 0.25) is 5.95 Å². The zero-order valence-corrected chi connectivity index (χ0v) is 9.53. The number of hydrogen-bond acceptors (Lipinski definition) is 4. The lowest BCUT2D eigenvalue weighted by Gasteiger charge is -1.85. The highest BCUT2D eigenvalue weighted by Gasteiger charge is 2.09.